The van der Waals surface area contributed by atoms with E-state index in [9.17, 15) is 9.59 Å². The molecule has 1 saturated heterocycles. The van der Waals surface area contributed by atoms with Crippen LogP contribution in [-0.4, -0.2) is 42.9 Å². The Kier molecular flexibility index (Phi) is 5.83. The largest absolute Gasteiger partial charge is 0.494 e. The van der Waals surface area contributed by atoms with E-state index in [1.54, 1.807) is 18.2 Å². The third-order valence-corrected chi connectivity index (χ3v) is 6.92. The van der Waals surface area contributed by atoms with Crippen molar-refractivity contribution >= 4 is 50.8 Å². The lowest BCUT2D eigenvalue weighted by Crippen LogP contribution is -2.31. The monoisotopic (exact) mass is 444 g/mol. The molecule has 1 aliphatic rings. The summed E-state index contributed by atoms with van der Waals surface area (Å²) >= 11 is 2.81. The molecular formula is C21H20N2O5S2. The quantitative estimate of drug-likeness (QED) is 0.507. The molecule has 2 heterocycles. The maximum atomic E-state index is 13.0. The second-order valence-electron chi connectivity index (χ2n) is 6.46. The van der Waals surface area contributed by atoms with Crippen molar-refractivity contribution in [3.05, 3.63) is 36.4 Å². The van der Waals surface area contributed by atoms with E-state index in [2.05, 4.69) is 4.98 Å². The second kappa shape index (κ2) is 8.53. The van der Waals surface area contributed by atoms with Crippen LogP contribution in [0.2, 0.25) is 0 Å². The minimum absolute atomic E-state index is 0.123. The first kappa shape index (κ1) is 20.5. The number of nitrogens with zero attached hydrogens (tertiary/aromatic N) is 2. The molecule has 30 heavy (non-hydrogen) atoms. The second-order valence-corrected chi connectivity index (χ2v) is 8.94. The highest BCUT2D eigenvalue weighted by atomic mass is 32.2. The maximum Gasteiger partial charge on any atom is 0.247 e. The first-order valence-corrected chi connectivity index (χ1v) is 11.0. The Balaban J connectivity index is 1.55. The summed E-state index contributed by atoms with van der Waals surface area (Å²) < 4.78 is 17.8. The minimum atomic E-state index is -0.516. The van der Waals surface area contributed by atoms with Crippen LogP contribution in [0.1, 0.15) is 13.3 Å². The lowest BCUT2D eigenvalue weighted by molar-refractivity contribution is -0.121. The van der Waals surface area contributed by atoms with Crippen molar-refractivity contribution in [3.63, 3.8) is 0 Å². The van der Waals surface area contributed by atoms with Crippen molar-refractivity contribution in [2.24, 2.45) is 0 Å². The van der Waals surface area contributed by atoms with E-state index < -0.39 is 5.25 Å². The van der Waals surface area contributed by atoms with Gasteiger partial charge >= 0.3 is 0 Å². The van der Waals surface area contributed by atoms with Gasteiger partial charge in [0.2, 0.25) is 11.8 Å². The molecule has 2 aromatic carbocycles. The molecule has 0 aliphatic carbocycles. The topological polar surface area (TPSA) is 78.0 Å². The number of carbonyl (C=O) groups is 2. The van der Waals surface area contributed by atoms with Gasteiger partial charge in [-0.1, -0.05) is 11.8 Å². The maximum absolute atomic E-state index is 13.0. The average Bonchev–Trinajstić information content (AvgIpc) is 3.27. The van der Waals surface area contributed by atoms with Crippen molar-refractivity contribution in [1.82, 2.24) is 4.98 Å². The molecule has 9 heteroatoms. The Hall–Kier alpha value is -2.78. The summed E-state index contributed by atoms with van der Waals surface area (Å²) in [5, 5.41) is -0.516. The number of aromatic nitrogens is 1. The summed E-state index contributed by atoms with van der Waals surface area (Å²) in [5.41, 5.74) is 1.32. The van der Waals surface area contributed by atoms with Crippen molar-refractivity contribution in [3.8, 4) is 17.2 Å². The molecule has 0 saturated carbocycles. The molecule has 0 N–H and O–H groups in total. The van der Waals surface area contributed by atoms with Crippen molar-refractivity contribution in [2.75, 3.05) is 25.7 Å². The Morgan fingerprint density at radius 2 is 1.93 bits per heavy atom. The Morgan fingerprint density at radius 1 is 1.13 bits per heavy atom. The fourth-order valence-electron chi connectivity index (χ4n) is 3.24. The van der Waals surface area contributed by atoms with Crippen LogP contribution in [0.15, 0.2) is 40.7 Å². The molecule has 1 atom stereocenters. The first-order valence-electron chi connectivity index (χ1n) is 9.33. The van der Waals surface area contributed by atoms with Crippen LogP contribution >= 0.6 is 23.1 Å². The average molecular weight is 445 g/mol. The molecule has 4 rings (SSSR count). The predicted molar refractivity (Wildman–Crippen MR) is 117 cm³/mol. The Morgan fingerprint density at radius 3 is 2.67 bits per heavy atom. The van der Waals surface area contributed by atoms with Gasteiger partial charge in [-0.05, 0) is 37.3 Å². The summed E-state index contributed by atoms with van der Waals surface area (Å²) in [4.78, 5) is 31.4. The Bertz CT molecular complexity index is 1110. The number of hydrogen-bond donors (Lipinski definition) is 0. The van der Waals surface area contributed by atoms with Gasteiger partial charge < -0.3 is 14.2 Å². The van der Waals surface area contributed by atoms with E-state index in [1.807, 2.05) is 25.1 Å². The van der Waals surface area contributed by atoms with E-state index in [1.165, 1.54) is 42.2 Å². The number of rotatable bonds is 7. The lowest BCUT2D eigenvalue weighted by atomic mass is 10.2. The van der Waals surface area contributed by atoms with E-state index in [4.69, 9.17) is 14.2 Å². The van der Waals surface area contributed by atoms with Gasteiger partial charge in [0, 0.05) is 12.5 Å². The van der Waals surface area contributed by atoms with E-state index in [-0.39, 0.29) is 18.2 Å². The minimum Gasteiger partial charge on any atom is -0.494 e. The normalized spacial score (nSPS) is 16.4. The summed E-state index contributed by atoms with van der Waals surface area (Å²) in [6.07, 6.45) is 0.123. The molecule has 0 radical (unpaired) electrons. The van der Waals surface area contributed by atoms with Gasteiger partial charge in [-0.25, -0.2) is 9.88 Å². The van der Waals surface area contributed by atoms with Crippen LogP contribution in [0.3, 0.4) is 0 Å². The summed E-state index contributed by atoms with van der Waals surface area (Å²) in [6, 6.07) is 10.7. The van der Waals surface area contributed by atoms with Gasteiger partial charge in [-0.15, -0.1) is 11.3 Å². The highest BCUT2D eigenvalue weighted by Crippen LogP contribution is 2.40. The smallest absolute Gasteiger partial charge is 0.247 e. The molecule has 1 fully saturated rings. The SMILES string of the molecule is CCOc1ccc2nc(S[C@H]3CC(=O)N(c4ccc(OC)c(OC)c4)C3=O)sc2c1. The first-order chi connectivity index (χ1) is 14.5. The number of fused-ring (bicyclic) bond motifs is 1. The van der Waals surface area contributed by atoms with E-state index in [0.717, 1.165) is 20.3 Å². The van der Waals surface area contributed by atoms with Crippen LogP contribution in [0.5, 0.6) is 17.2 Å². The third-order valence-electron chi connectivity index (χ3n) is 4.62. The number of carbonyl (C=O) groups excluding carboxylic acids is 2. The number of imide groups is 1. The summed E-state index contributed by atoms with van der Waals surface area (Å²) in [5.74, 6) is 1.28. The molecule has 1 aliphatic heterocycles. The lowest BCUT2D eigenvalue weighted by Gasteiger charge is -2.17. The van der Waals surface area contributed by atoms with E-state index >= 15 is 0 Å². The van der Waals surface area contributed by atoms with Gasteiger partial charge in [0.05, 0.1) is 36.7 Å². The summed E-state index contributed by atoms with van der Waals surface area (Å²) in [7, 11) is 3.05. The van der Waals surface area contributed by atoms with Crippen LogP contribution in [0.4, 0.5) is 5.69 Å². The van der Waals surface area contributed by atoms with Crippen molar-refractivity contribution in [2.45, 2.75) is 22.9 Å². The van der Waals surface area contributed by atoms with Crippen LogP contribution in [0, 0.1) is 0 Å². The molecule has 1 aromatic heterocycles. The molecule has 0 spiro atoms. The highest BCUT2D eigenvalue weighted by molar-refractivity contribution is 8.02. The molecule has 0 bridgehead atoms. The molecular weight excluding hydrogens is 424 g/mol. The van der Waals surface area contributed by atoms with Gasteiger partial charge in [-0.2, -0.15) is 0 Å². The number of thiazole rings is 1. The number of methoxy groups -OCH3 is 2. The number of hydrogen-bond acceptors (Lipinski definition) is 8. The summed E-state index contributed by atoms with van der Waals surface area (Å²) in [6.45, 7) is 2.53. The molecule has 3 aromatic rings. The van der Waals surface area contributed by atoms with Gasteiger partial charge in [0.25, 0.3) is 0 Å². The van der Waals surface area contributed by atoms with Gasteiger partial charge in [0.15, 0.2) is 15.8 Å². The van der Waals surface area contributed by atoms with Crippen molar-refractivity contribution in [1.29, 1.82) is 0 Å². The van der Waals surface area contributed by atoms with Crippen LogP contribution in [0.25, 0.3) is 10.2 Å². The predicted octanol–water partition coefficient (Wildman–Crippen LogP) is 4.14. The molecule has 156 valence electrons. The third kappa shape index (κ3) is 3.82. The zero-order chi connectivity index (χ0) is 21.3. The molecule has 2 amide bonds. The van der Waals surface area contributed by atoms with Crippen LogP contribution in [-0.2, 0) is 9.59 Å². The number of amides is 2. The fraction of sp³-hybridized carbons (Fsp3) is 0.286. The molecule has 7 nitrogen and oxygen atoms in total. The molecule has 0 unspecified atom stereocenters. The van der Waals surface area contributed by atoms with Crippen LogP contribution < -0.4 is 19.1 Å². The Labute approximate surface area is 181 Å². The number of ether oxygens (including phenoxy) is 3. The standard InChI is InChI=1S/C21H20N2O5S2/c1-4-28-13-6-7-14-17(10-13)29-21(22-14)30-18-11-19(24)23(20(18)25)12-5-8-15(26-2)16(9-12)27-3/h5-10,18H,4,11H2,1-3H3/t18-/m0/s1. The fourth-order valence-corrected chi connectivity index (χ4v) is 5.61. The van der Waals surface area contributed by atoms with Gasteiger partial charge in [0.1, 0.15) is 11.0 Å². The number of anilines is 1. The zero-order valence-electron chi connectivity index (χ0n) is 16.7. The number of thioether (sulfide) groups is 1. The van der Waals surface area contributed by atoms with Gasteiger partial charge in [-0.3, -0.25) is 9.59 Å². The number of benzene rings is 2. The highest BCUT2D eigenvalue weighted by Gasteiger charge is 2.41. The van der Waals surface area contributed by atoms with Crippen molar-refractivity contribution < 1.29 is 23.8 Å². The van der Waals surface area contributed by atoms with E-state index in [0.29, 0.717) is 23.8 Å². The zero-order valence-corrected chi connectivity index (χ0v) is 18.3.